The van der Waals surface area contributed by atoms with Crippen molar-refractivity contribution in [2.75, 3.05) is 18.0 Å². The molecule has 2 aromatic rings. The van der Waals surface area contributed by atoms with Crippen molar-refractivity contribution in [2.24, 2.45) is 5.92 Å². The van der Waals surface area contributed by atoms with E-state index in [1.54, 1.807) is 49.9 Å². The van der Waals surface area contributed by atoms with Crippen molar-refractivity contribution >= 4 is 39.3 Å². The van der Waals surface area contributed by atoms with Gasteiger partial charge in [-0.2, -0.15) is 5.26 Å². The average Bonchev–Trinajstić information content (AvgIpc) is 2.67. The van der Waals surface area contributed by atoms with Crippen molar-refractivity contribution < 1.29 is 22.7 Å². The van der Waals surface area contributed by atoms with E-state index >= 15 is 0 Å². The van der Waals surface area contributed by atoms with Gasteiger partial charge in [0.2, 0.25) is 15.9 Å². The quantitative estimate of drug-likeness (QED) is 0.586. The average molecular weight is 491 g/mol. The largest absolute Gasteiger partial charge is 0.459 e. The fourth-order valence-corrected chi connectivity index (χ4v) is 4.59. The summed E-state index contributed by atoms with van der Waals surface area (Å²) in [6.45, 7) is 5.47. The van der Waals surface area contributed by atoms with E-state index in [0.29, 0.717) is 22.1 Å². The van der Waals surface area contributed by atoms with Crippen molar-refractivity contribution in [3.05, 3.63) is 57.7 Å². The lowest BCUT2D eigenvalue weighted by molar-refractivity contribution is -0.123. The van der Waals surface area contributed by atoms with Gasteiger partial charge in [0.1, 0.15) is 11.9 Å². The van der Waals surface area contributed by atoms with Gasteiger partial charge < -0.3 is 9.64 Å². The van der Waals surface area contributed by atoms with Crippen molar-refractivity contribution in [3.8, 4) is 6.07 Å². The van der Waals surface area contributed by atoms with Crippen LogP contribution in [0.4, 0.5) is 5.82 Å². The number of ether oxygens (including phenoxy) is 1. The van der Waals surface area contributed by atoms with Gasteiger partial charge in [-0.25, -0.2) is 18.2 Å². The lowest BCUT2D eigenvalue weighted by Crippen LogP contribution is -2.55. The van der Waals surface area contributed by atoms with Crippen LogP contribution >= 0.6 is 11.6 Å². The molecule has 1 fully saturated rings. The number of nitriles is 1. The number of carbonyl (C=O) groups excluding carboxylic acids is 2. The zero-order chi connectivity index (χ0) is 24.3. The number of hydrogen-bond acceptors (Lipinski definition) is 8. The zero-order valence-corrected chi connectivity index (χ0v) is 19.9. The van der Waals surface area contributed by atoms with Crippen molar-refractivity contribution in [1.82, 2.24) is 9.71 Å². The molecule has 1 aliphatic rings. The Morgan fingerprint density at radius 2 is 1.94 bits per heavy atom. The van der Waals surface area contributed by atoms with Crippen LogP contribution in [0.5, 0.6) is 0 Å². The van der Waals surface area contributed by atoms with Gasteiger partial charge in [0, 0.05) is 18.1 Å². The first kappa shape index (κ1) is 24.5. The maximum absolute atomic E-state index is 12.4. The molecule has 3 rings (SSSR count). The Morgan fingerprint density at radius 3 is 2.52 bits per heavy atom. The molecule has 0 radical (unpaired) electrons. The van der Waals surface area contributed by atoms with Crippen molar-refractivity contribution in [1.29, 1.82) is 5.26 Å². The second-order valence-corrected chi connectivity index (χ2v) is 10.2. The molecule has 0 bridgehead atoms. The summed E-state index contributed by atoms with van der Waals surface area (Å²) in [5.41, 5.74) is 1.27. The van der Waals surface area contributed by atoms with Crippen LogP contribution in [0.2, 0.25) is 5.02 Å². The van der Waals surface area contributed by atoms with E-state index < -0.39 is 27.8 Å². The minimum absolute atomic E-state index is 0.172. The monoisotopic (exact) mass is 490 g/mol. The van der Waals surface area contributed by atoms with Gasteiger partial charge in [-0.3, -0.25) is 9.52 Å². The van der Waals surface area contributed by atoms with Gasteiger partial charge in [0.05, 0.1) is 34.6 Å². The molecule has 1 N–H and O–H groups in total. The minimum atomic E-state index is -3.88. The summed E-state index contributed by atoms with van der Waals surface area (Å²) in [4.78, 5) is 30.7. The fourth-order valence-electron chi connectivity index (χ4n) is 3.29. The number of nitrogens with zero attached hydrogens (tertiary/aromatic N) is 3. The Labute approximate surface area is 197 Å². The molecular weight excluding hydrogens is 468 g/mol. The maximum Gasteiger partial charge on any atom is 0.340 e. The van der Waals surface area contributed by atoms with Gasteiger partial charge in [-0.15, -0.1) is 0 Å². The molecule has 33 heavy (non-hydrogen) atoms. The highest BCUT2D eigenvalue weighted by Gasteiger charge is 2.36. The molecular formula is C22H23ClN4O5S. The molecule has 1 aliphatic heterocycles. The Hall–Kier alpha value is -3.16. The first-order valence-corrected chi connectivity index (χ1v) is 12.2. The number of esters is 1. The highest BCUT2D eigenvalue weighted by atomic mass is 35.5. The number of benzene rings is 1. The summed E-state index contributed by atoms with van der Waals surface area (Å²) in [7, 11) is -3.88. The smallest absolute Gasteiger partial charge is 0.340 e. The van der Waals surface area contributed by atoms with E-state index in [2.05, 4.69) is 9.71 Å². The van der Waals surface area contributed by atoms with E-state index in [-0.39, 0.29) is 36.1 Å². The molecule has 1 saturated heterocycles. The third kappa shape index (κ3) is 6.00. The number of sulfonamides is 1. The third-order valence-electron chi connectivity index (χ3n) is 4.95. The lowest BCUT2D eigenvalue weighted by Gasteiger charge is -2.39. The number of pyridine rings is 1. The lowest BCUT2D eigenvalue weighted by atomic mass is 9.98. The van der Waals surface area contributed by atoms with Gasteiger partial charge in [0.25, 0.3) is 0 Å². The molecule has 0 spiro atoms. The molecule has 2 heterocycles. The summed E-state index contributed by atoms with van der Waals surface area (Å²) < 4.78 is 32.0. The van der Waals surface area contributed by atoms with Crippen molar-refractivity contribution in [2.45, 2.75) is 32.6 Å². The van der Waals surface area contributed by atoms with E-state index in [0.717, 1.165) is 0 Å². The normalized spacial score (nSPS) is 13.9. The number of halogens is 1. The Kier molecular flexibility index (Phi) is 7.25. The van der Waals surface area contributed by atoms with E-state index in [1.807, 2.05) is 6.07 Å². The highest BCUT2D eigenvalue weighted by molar-refractivity contribution is 7.89. The SMILES string of the molecule is Cc1nc(N2CC(C(=O)NS(=O)(=O)Cc3ccc(Cl)cc3)C2)c(C#N)cc1C(=O)OC(C)C. The summed E-state index contributed by atoms with van der Waals surface area (Å²) in [5, 5.41) is 10.0. The third-order valence-corrected chi connectivity index (χ3v) is 6.43. The molecule has 1 aromatic heterocycles. The second-order valence-electron chi connectivity index (χ2n) is 8.01. The maximum atomic E-state index is 12.4. The first-order chi connectivity index (χ1) is 15.5. The molecule has 0 atom stereocenters. The standard InChI is InChI=1S/C22H23ClN4O5S/c1-13(2)32-22(29)19-8-16(9-24)20(25-14(19)3)27-10-17(11-27)21(28)26-33(30,31)12-15-4-6-18(23)7-5-15/h4-8,13,17H,10-12H2,1-3H3,(H,26,28). The van der Waals surface area contributed by atoms with Crippen LogP contribution in [0.3, 0.4) is 0 Å². The van der Waals surface area contributed by atoms with E-state index in [1.165, 1.54) is 6.07 Å². The van der Waals surface area contributed by atoms with Gasteiger partial charge >= 0.3 is 5.97 Å². The predicted molar refractivity (Wildman–Crippen MR) is 122 cm³/mol. The van der Waals surface area contributed by atoms with Crippen molar-refractivity contribution in [3.63, 3.8) is 0 Å². The number of carbonyl (C=O) groups is 2. The second kappa shape index (κ2) is 9.77. The van der Waals surface area contributed by atoms with Crippen LogP contribution in [0.15, 0.2) is 30.3 Å². The van der Waals surface area contributed by atoms with Crippen LogP contribution in [-0.2, 0) is 25.3 Å². The van der Waals surface area contributed by atoms with Gasteiger partial charge in [-0.05, 0) is 44.5 Å². The number of anilines is 1. The number of hydrogen-bond donors (Lipinski definition) is 1. The highest BCUT2D eigenvalue weighted by Crippen LogP contribution is 2.28. The molecule has 9 nitrogen and oxygen atoms in total. The number of nitrogens with one attached hydrogen (secondary N) is 1. The first-order valence-electron chi connectivity index (χ1n) is 10.2. The predicted octanol–water partition coefficient (Wildman–Crippen LogP) is 2.56. The van der Waals surface area contributed by atoms with Gasteiger partial charge in [-0.1, -0.05) is 23.7 Å². The van der Waals surface area contributed by atoms with Crippen LogP contribution in [0.1, 0.15) is 41.0 Å². The Bertz CT molecular complexity index is 1220. The van der Waals surface area contributed by atoms with E-state index in [9.17, 15) is 23.3 Å². The summed E-state index contributed by atoms with van der Waals surface area (Å²) in [6, 6.07) is 9.75. The molecule has 0 unspecified atom stereocenters. The zero-order valence-electron chi connectivity index (χ0n) is 18.3. The topological polar surface area (TPSA) is 129 Å². The summed E-state index contributed by atoms with van der Waals surface area (Å²) in [6.07, 6.45) is -0.312. The van der Waals surface area contributed by atoms with Crippen LogP contribution in [-0.4, -0.2) is 44.5 Å². The van der Waals surface area contributed by atoms with Crippen LogP contribution < -0.4 is 9.62 Å². The number of rotatable bonds is 7. The van der Waals surface area contributed by atoms with E-state index in [4.69, 9.17) is 16.3 Å². The number of amides is 1. The molecule has 11 heteroatoms. The van der Waals surface area contributed by atoms with Crippen LogP contribution in [0.25, 0.3) is 0 Å². The molecule has 174 valence electrons. The molecule has 0 aliphatic carbocycles. The molecule has 1 amide bonds. The molecule has 1 aromatic carbocycles. The Morgan fingerprint density at radius 1 is 1.30 bits per heavy atom. The number of aromatic nitrogens is 1. The molecule has 0 saturated carbocycles. The number of aryl methyl sites for hydroxylation is 1. The van der Waals surface area contributed by atoms with Gasteiger partial charge in [0.15, 0.2) is 0 Å². The summed E-state index contributed by atoms with van der Waals surface area (Å²) >= 11 is 5.80. The Balaban J connectivity index is 1.65. The fraction of sp³-hybridized carbons (Fsp3) is 0.364. The summed E-state index contributed by atoms with van der Waals surface area (Å²) in [5.74, 6) is -1.77. The van der Waals surface area contributed by atoms with Crippen LogP contribution in [0, 0.1) is 24.2 Å². The minimum Gasteiger partial charge on any atom is -0.459 e.